The van der Waals surface area contributed by atoms with Crippen molar-refractivity contribution in [2.45, 2.75) is 0 Å². The third kappa shape index (κ3) is 6.07. The molecule has 0 saturated carbocycles. The van der Waals surface area contributed by atoms with Crippen molar-refractivity contribution in [2.75, 3.05) is 4.90 Å². The van der Waals surface area contributed by atoms with Crippen molar-refractivity contribution >= 4 is 38.6 Å². The zero-order valence-corrected chi connectivity index (χ0v) is 28.2. The fraction of sp³-hybridized carbons (Fsp3) is 0. The van der Waals surface area contributed by atoms with Gasteiger partial charge in [0.25, 0.3) is 0 Å². The minimum atomic E-state index is 1.10. The number of rotatable bonds is 7. The van der Waals surface area contributed by atoms with E-state index in [9.17, 15) is 0 Å². The molecule has 0 unspecified atom stereocenters. The monoisotopic (exact) mass is 649 g/mol. The summed E-state index contributed by atoms with van der Waals surface area (Å²) in [4.78, 5) is 2.38. The summed E-state index contributed by atoms with van der Waals surface area (Å²) < 4.78 is 0. The largest absolute Gasteiger partial charge is 0.310 e. The van der Waals surface area contributed by atoms with E-state index < -0.39 is 0 Å². The Kier molecular flexibility index (Phi) is 7.92. The highest BCUT2D eigenvalue weighted by atomic mass is 15.1. The van der Waals surface area contributed by atoms with Crippen LogP contribution in [0.4, 0.5) is 17.1 Å². The molecular weight excluding hydrogens is 615 g/mol. The van der Waals surface area contributed by atoms with Crippen LogP contribution in [0.25, 0.3) is 66.1 Å². The van der Waals surface area contributed by atoms with E-state index in [-0.39, 0.29) is 0 Å². The minimum absolute atomic E-state index is 1.10. The van der Waals surface area contributed by atoms with E-state index in [0.717, 1.165) is 17.1 Å². The normalized spacial score (nSPS) is 11.1. The third-order valence-electron chi connectivity index (χ3n) is 9.84. The van der Waals surface area contributed by atoms with Crippen LogP contribution in [0.3, 0.4) is 0 Å². The van der Waals surface area contributed by atoms with Crippen molar-refractivity contribution in [1.29, 1.82) is 0 Å². The number of hydrogen-bond acceptors (Lipinski definition) is 1. The van der Waals surface area contributed by atoms with Crippen molar-refractivity contribution in [3.05, 3.63) is 212 Å². The molecule has 0 amide bonds. The number of benzene rings is 9. The summed E-state index contributed by atoms with van der Waals surface area (Å²) in [5.74, 6) is 0. The molecule has 0 N–H and O–H groups in total. The molecule has 0 aliphatic carbocycles. The standard InChI is InChI=1S/C50H35N/c1-2-11-36(12-3-1)38-23-25-39(26-24-38)40-29-31-46(32-30-40)51(47-19-8-17-43(34-47)44-28-27-37-13-4-5-15-42(37)33-44)48-20-9-18-45(35-48)50-22-10-16-41-14-6-7-21-49(41)50/h1-35H. The molecule has 0 fully saturated rings. The lowest BCUT2D eigenvalue weighted by molar-refractivity contribution is 1.28. The van der Waals surface area contributed by atoms with Gasteiger partial charge in [0.1, 0.15) is 0 Å². The van der Waals surface area contributed by atoms with Gasteiger partial charge in [0, 0.05) is 17.1 Å². The van der Waals surface area contributed by atoms with Gasteiger partial charge in [0.05, 0.1) is 0 Å². The molecule has 1 heteroatoms. The summed E-state index contributed by atoms with van der Waals surface area (Å²) in [6.45, 7) is 0. The van der Waals surface area contributed by atoms with Crippen LogP contribution in [0, 0.1) is 0 Å². The molecule has 9 rings (SSSR count). The molecule has 0 bridgehead atoms. The van der Waals surface area contributed by atoms with Crippen LogP contribution in [-0.2, 0) is 0 Å². The third-order valence-corrected chi connectivity index (χ3v) is 9.84. The van der Waals surface area contributed by atoms with Crippen molar-refractivity contribution in [3.63, 3.8) is 0 Å². The van der Waals surface area contributed by atoms with Crippen molar-refractivity contribution in [1.82, 2.24) is 0 Å². The first-order valence-electron chi connectivity index (χ1n) is 17.5. The van der Waals surface area contributed by atoms with Crippen LogP contribution < -0.4 is 4.90 Å². The second-order valence-corrected chi connectivity index (χ2v) is 13.0. The van der Waals surface area contributed by atoms with Gasteiger partial charge in [-0.15, -0.1) is 0 Å². The molecule has 0 aliphatic rings. The Labute approximate surface area is 299 Å². The Bertz CT molecular complexity index is 2610. The number of hydrogen-bond donors (Lipinski definition) is 0. The van der Waals surface area contributed by atoms with Crippen LogP contribution >= 0.6 is 0 Å². The van der Waals surface area contributed by atoms with Crippen LogP contribution in [0.1, 0.15) is 0 Å². The maximum Gasteiger partial charge on any atom is 0.0467 e. The smallest absolute Gasteiger partial charge is 0.0467 e. The second-order valence-electron chi connectivity index (χ2n) is 13.0. The van der Waals surface area contributed by atoms with E-state index >= 15 is 0 Å². The zero-order chi connectivity index (χ0) is 34.0. The highest BCUT2D eigenvalue weighted by molar-refractivity contribution is 5.97. The summed E-state index contributed by atoms with van der Waals surface area (Å²) in [6, 6.07) is 76.7. The van der Waals surface area contributed by atoms with E-state index in [1.807, 2.05) is 0 Å². The van der Waals surface area contributed by atoms with Crippen LogP contribution in [0.15, 0.2) is 212 Å². The van der Waals surface area contributed by atoms with Crippen molar-refractivity contribution in [3.8, 4) is 44.5 Å². The van der Waals surface area contributed by atoms with E-state index in [4.69, 9.17) is 0 Å². The van der Waals surface area contributed by atoms with Gasteiger partial charge in [0.15, 0.2) is 0 Å². The van der Waals surface area contributed by atoms with Gasteiger partial charge in [-0.05, 0) is 109 Å². The fourth-order valence-corrected chi connectivity index (χ4v) is 7.22. The van der Waals surface area contributed by atoms with E-state index in [0.29, 0.717) is 0 Å². The fourth-order valence-electron chi connectivity index (χ4n) is 7.22. The van der Waals surface area contributed by atoms with Crippen molar-refractivity contribution in [2.24, 2.45) is 0 Å². The molecule has 9 aromatic carbocycles. The average molecular weight is 650 g/mol. The average Bonchev–Trinajstić information content (AvgIpc) is 3.21. The number of nitrogens with zero attached hydrogens (tertiary/aromatic N) is 1. The Balaban J connectivity index is 1.13. The summed E-state index contributed by atoms with van der Waals surface area (Å²) in [7, 11) is 0. The van der Waals surface area contributed by atoms with E-state index in [1.165, 1.54) is 66.1 Å². The number of anilines is 3. The molecule has 0 heterocycles. The quantitative estimate of drug-likeness (QED) is 0.166. The predicted octanol–water partition coefficient (Wildman–Crippen LogP) is 14.1. The summed E-state index contributed by atoms with van der Waals surface area (Å²) in [5, 5.41) is 4.99. The molecule has 0 atom stereocenters. The van der Waals surface area contributed by atoms with E-state index in [2.05, 4.69) is 217 Å². The van der Waals surface area contributed by atoms with Gasteiger partial charge in [-0.25, -0.2) is 0 Å². The first-order chi connectivity index (χ1) is 25.3. The van der Waals surface area contributed by atoms with Gasteiger partial charge in [-0.2, -0.15) is 0 Å². The highest BCUT2D eigenvalue weighted by Crippen LogP contribution is 2.40. The molecule has 0 radical (unpaired) electrons. The lowest BCUT2D eigenvalue weighted by atomic mass is 9.97. The Morgan fingerprint density at radius 2 is 0.706 bits per heavy atom. The van der Waals surface area contributed by atoms with Gasteiger partial charge in [-0.3, -0.25) is 0 Å². The van der Waals surface area contributed by atoms with E-state index in [1.54, 1.807) is 0 Å². The van der Waals surface area contributed by atoms with Crippen LogP contribution in [0.5, 0.6) is 0 Å². The lowest BCUT2D eigenvalue weighted by Gasteiger charge is -2.27. The van der Waals surface area contributed by atoms with Gasteiger partial charge in [-0.1, -0.05) is 170 Å². The summed E-state index contributed by atoms with van der Waals surface area (Å²) in [6.07, 6.45) is 0. The molecule has 0 aromatic heterocycles. The second kappa shape index (κ2) is 13.3. The van der Waals surface area contributed by atoms with Crippen LogP contribution in [-0.4, -0.2) is 0 Å². The molecule has 51 heavy (non-hydrogen) atoms. The number of fused-ring (bicyclic) bond motifs is 2. The molecule has 240 valence electrons. The maximum atomic E-state index is 2.38. The zero-order valence-electron chi connectivity index (χ0n) is 28.2. The maximum absolute atomic E-state index is 2.38. The molecule has 9 aromatic rings. The van der Waals surface area contributed by atoms with Gasteiger partial charge < -0.3 is 4.90 Å². The van der Waals surface area contributed by atoms with Crippen LogP contribution in [0.2, 0.25) is 0 Å². The van der Waals surface area contributed by atoms with Gasteiger partial charge >= 0.3 is 0 Å². The Morgan fingerprint density at radius 3 is 1.43 bits per heavy atom. The first kappa shape index (κ1) is 30.4. The van der Waals surface area contributed by atoms with Gasteiger partial charge in [0.2, 0.25) is 0 Å². The minimum Gasteiger partial charge on any atom is -0.310 e. The topological polar surface area (TPSA) is 3.24 Å². The SMILES string of the molecule is c1ccc(-c2ccc(-c3ccc(N(c4cccc(-c5ccc6ccccc6c5)c4)c4cccc(-c5cccc6ccccc56)c4)cc3)cc2)cc1. The summed E-state index contributed by atoms with van der Waals surface area (Å²) in [5.41, 5.74) is 13.0. The molecule has 0 saturated heterocycles. The molecular formula is C50H35N. The Hall–Kier alpha value is -6.70. The summed E-state index contributed by atoms with van der Waals surface area (Å²) >= 11 is 0. The molecule has 1 nitrogen and oxygen atoms in total. The molecule has 0 aliphatic heterocycles. The Morgan fingerprint density at radius 1 is 0.235 bits per heavy atom. The first-order valence-corrected chi connectivity index (χ1v) is 17.5. The predicted molar refractivity (Wildman–Crippen MR) is 218 cm³/mol. The lowest BCUT2D eigenvalue weighted by Crippen LogP contribution is -2.10. The van der Waals surface area contributed by atoms with Crippen molar-refractivity contribution < 1.29 is 0 Å². The highest BCUT2D eigenvalue weighted by Gasteiger charge is 2.16. The molecule has 0 spiro atoms.